The van der Waals surface area contributed by atoms with Gasteiger partial charge < -0.3 is 4.57 Å². The van der Waals surface area contributed by atoms with Crippen molar-refractivity contribution in [2.75, 3.05) is 0 Å². The van der Waals surface area contributed by atoms with E-state index in [1.807, 2.05) is 12.3 Å². The third-order valence-electron chi connectivity index (χ3n) is 5.56. The van der Waals surface area contributed by atoms with Gasteiger partial charge in [-0.15, -0.1) is 0 Å². The Balaban J connectivity index is 1.54. The number of hydrogen-bond acceptors (Lipinski definition) is 1. The Morgan fingerprint density at radius 1 is 0.645 bits per heavy atom. The number of fused-ring (bicyclic) bond motifs is 1. The molecule has 31 heavy (non-hydrogen) atoms. The van der Waals surface area contributed by atoms with Crippen molar-refractivity contribution in [2.45, 2.75) is 13.1 Å². The average molecular weight is 401 g/mol. The molecule has 5 aromatic rings. The average Bonchev–Trinajstić information content (AvgIpc) is 3.17. The van der Waals surface area contributed by atoms with Crippen LogP contribution in [0.2, 0.25) is 0 Å². The normalized spacial score (nSPS) is 11.4. The Morgan fingerprint density at radius 2 is 1.29 bits per heavy atom. The van der Waals surface area contributed by atoms with Crippen LogP contribution in [0.25, 0.3) is 22.0 Å². The molecule has 0 saturated carbocycles. The van der Waals surface area contributed by atoms with Gasteiger partial charge in [0.2, 0.25) is 0 Å². The van der Waals surface area contributed by atoms with Gasteiger partial charge in [0.15, 0.2) is 0 Å². The van der Waals surface area contributed by atoms with Crippen molar-refractivity contribution in [2.24, 2.45) is 4.99 Å². The van der Waals surface area contributed by atoms with E-state index in [1.165, 1.54) is 33.2 Å². The Bertz CT molecular complexity index is 1300. The highest BCUT2D eigenvalue weighted by molar-refractivity contribution is 6.01. The molecule has 0 aliphatic rings. The first-order chi connectivity index (χ1) is 15.4. The zero-order valence-electron chi connectivity index (χ0n) is 17.4. The number of rotatable bonds is 6. The predicted molar refractivity (Wildman–Crippen MR) is 131 cm³/mol. The molecule has 0 atom stereocenters. The summed E-state index contributed by atoms with van der Waals surface area (Å²) < 4.78 is 2.32. The van der Waals surface area contributed by atoms with Crippen LogP contribution in [0.5, 0.6) is 0 Å². The van der Waals surface area contributed by atoms with Crippen LogP contribution in [-0.2, 0) is 13.1 Å². The van der Waals surface area contributed by atoms with Gasteiger partial charge in [-0.2, -0.15) is 0 Å². The van der Waals surface area contributed by atoms with Crippen LogP contribution in [0.1, 0.15) is 16.7 Å². The fourth-order valence-corrected chi connectivity index (χ4v) is 3.98. The van der Waals surface area contributed by atoms with E-state index in [-0.39, 0.29) is 0 Å². The summed E-state index contributed by atoms with van der Waals surface area (Å²) in [5, 5.41) is 1.23. The standard InChI is InChI=1S/C29H24N2/c1-4-10-23(11-5-1)19-30-20-27-22-31(21-24-12-6-2-7-13-24)29-17-16-26(18-28(27)29)25-14-8-3-9-15-25/h1-18,20,22H,19,21H2. The molecule has 1 aromatic heterocycles. The minimum Gasteiger partial charge on any atom is -0.342 e. The molecule has 0 radical (unpaired) electrons. The second-order valence-electron chi connectivity index (χ2n) is 7.75. The molecule has 0 unspecified atom stereocenters. The lowest BCUT2D eigenvalue weighted by molar-refractivity contribution is 0.836. The molecule has 0 spiro atoms. The summed E-state index contributed by atoms with van der Waals surface area (Å²) in [5.41, 5.74) is 7.34. The van der Waals surface area contributed by atoms with Crippen LogP contribution in [0, 0.1) is 0 Å². The zero-order valence-corrected chi connectivity index (χ0v) is 17.4. The summed E-state index contributed by atoms with van der Waals surface area (Å²) in [6, 6.07) is 38.3. The summed E-state index contributed by atoms with van der Waals surface area (Å²) in [5.74, 6) is 0. The van der Waals surface area contributed by atoms with Crippen molar-refractivity contribution in [3.05, 3.63) is 132 Å². The van der Waals surface area contributed by atoms with Crippen molar-refractivity contribution in [1.82, 2.24) is 4.57 Å². The van der Waals surface area contributed by atoms with E-state index in [4.69, 9.17) is 4.99 Å². The van der Waals surface area contributed by atoms with Gasteiger partial charge in [-0.25, -0.2) is 0 Å². The molecule has 0 amide bonds. The van der Waals surface area contributed by atoms with Gasteiger partial charge >= 0.3 is 0 Å². The summed E-state index contributed by atoms with van der Waals surface area (Å²) in [7, 11) is 0. The second-order valence-corrected chi connectivity index (χ2v) is 7.75. The lowest BCUT2D eigenvalue weighted by atomic mass is 10.0. The van der Waals surface area contributed by atoms with Crippen LogP contribution in [0.15, 0.2) is 120 Å². The molecular formula is C29H24N2. The molecule has 0 aliphatic heterocycles. The fraction of sp³-hybridized carbons (Fsp3) is 0.0690. The SMILES string of the molecule is C(=NCc1ccccc1)c1cn(Cc2ccccc2)c2ccc(-c3ccccc3)cc12. The minimum atomic E-state index is 0.685. The van der Waals surface area contributed by atoms with E-state index in [1.54, 1.807) is 0 Å². The molecule has 0 N–H and O–H groups in total. The van der Waals surface area contributed by atoms with Crippen molar-refractivity contribution >= 4 is 17.1 Å². The summed E-state index contributed by atoms with van der Waals surface area (Å²) in [6.45, 7) is 1.53. The number of nitrogens with zero attached hydrogens (tertiary/aromatic N) is 2. The molecule has 0 saturated heterocycles. The van der Waals surface area contributed by atoms with Crippen LogP contribution < -0.4 is 0 Å². The van der Waals surface area contributed by atoms with Crippen molar-refractivity contribution in [3.8, 4) is 11.1 Å². The Kier molecular flexibility index (Phi) is 5.44. The number of aliphatic imine (C=N–C) groups is 1. The second kappa shape index (κ2) is 8.85. The maximum absolute atomic E-state index is 4.75. The number of aromatic nitrogens is 1. The van der Waals surface area contributed by atoms with E-state index in [0.717, 1.165) is 12.1 Å². The van der Waals surface area contributed by atoms with Crippen molar-refractivity contribution in [1.29, 1.82) is 0 Å². The van der Waals surface area contributed by atoms with E-state index in [9.17, 15) is 0 Å². The minimum absolute atomic E-state index is 0.685. The van der Waals surface area contributed by atoms with Gasteiger partial charge in [0.25, 0.3) is 0 Å². The quantitative estimate of drug-likeness (QED) is 0.274. The molecule has 5 rings (SSSR count). The van der Waals surface area contributed by atoms with Crippen LogP contribution in [0.3, 0.4) is 0 Å². The van der Waals surface area contributed by atoms with Gasteiger partial charge in [-0.05, 0) is 34.4 Å². The number of hydrogen-bond donors (Lipinski definition) is 0. The highest BCUT2D eigenvalue weighted by Gasteiger charge is 2.10. The summed E-state index contributed by atoms with van der Waals surface area (Å²) in [6.07, 6.45) is 4.24. The molecule has 1 heterocycles. The van der Waals surface area contributed by atoms with Gasteiger partial charge in [-0.3, -0.25) is 4.99 Å². The fourth-order valence-electron chi connectivity index (χ4n) is 3.98. The van der Waals surface area contributed by atoms with Gasteiger partial charge in [0.1, 0.15) is 0 Å². The largest absolute Gasteiger partial charge is 0.342 e. The molecule has 4 aromatic carbocycles. The van der Waals surface area contributed by atoms with E-state index in [0.29, 0.717) is 6.54 Å². The van der Waals surface area contributed by atoms with Crippen molar-refractivity contribution < 1.29 is 0 Å². The lowest BCUT2D eigenvalue weighted by Crippen LogP contribution is -1.97. The molecule has 150 valence electrons. The maximum atomic E-state index is 4.75. The van der Waals surface area contributed by atoms with Gasteiger partial charge in [0.05, 0.1) is 6.54 Å². The highest BCUT2D eigenvalue weighted by atomic mass is 15.0. The van der Waals surface area contributed by atoms with Crippen LogP contribution in [0.4, 0.5) is 0 Å². The predicted octanol–water partition coefficient (Wildman–Crippen LogP) is 6.98. The molecular weight excluding hydrogens is 376 g/mol. The first-order valence-corrected chi connectivity index (χ1v) is 10.6. The molecule has 0 aliphatic carbocycles. The molecule has 0 bridgehead atoms. The third kappa shape index (κ3) is 4.34. The summed E-state index contributed by atoms with van der Waals surface area (Å²) in [4.78, 5) is 4.75. The Hall–Kier alpha value is -3.91. The monoisotopic (exact) mass is 400 g/mol. The van der Waals surface area contributed by atoms with E-state index in [2.05, 4.69) is 114 Å². The van der Waals surface area contributed by atoms with Crippen molar-refractivity contribution in [3.63, 3.8) is 0 Å². The molecule has 2 nitrogen and oxygen atoms in total. The third-order valence-corrected chi connectivity index (χ3v) is 5.56. The smallest absolute Gasteiger partial charge is 0.0639 e. The Labute approximate surface area is 183 Å². The zero-order chi connectivity index (χ0) is 20.9. The summed E-state index contributed by atoms with van der Waals surface area (Å²) >= 11 is 0. The Morgan fingerprint density at radius 3 is 2.00 bits per heavy atom. The molecule has 2 heteroatoms. The topological polar surface area (TPSA) is 17.3 Å². The first-order valence-electron chi connectivity index (χ1n) is 10.6. The highest BCUT2D eigenvalue weighted by Crippen LogP contribution is 2.28. The van der Waals surface area contributed by atoms with E-state index < -0.39 is 0 Å². The van der Waals surface area contributed by atoms with E-state index >= 15 is 0 Å². The van der Waals surface area contributed by atoms with Crippen LogP contribution in [-0.4, -0.2) is 10.8 Å². The lowest BCUT2D eigenvalue weighted by Gasteiger charge is -2.07. The maximum Gasteiger partial charge on any atom is 0.0639 e. The van der Waals surface area contributed by atoms with Gasteiger partial charge in [-0.1, -0.05) is 97.1 Å². The number of benzene rings is 4. The van der Waals surface area contributed by atoms with Crippen LogP contribution >= 0.6 is 0 Å². The molecule has 0 fully saturated rings. The van der Waals surface area contributed by atoms with Gasteiger partial charge in [0, 0.05) is 35.4 Å². The first kappa shape index (κ1) is 19.1.